The van der Waals surface area contributed by atoms with E-state index in [9.17, 15) is 28.2 Å². The lowest BCUT2D eigenvalue weighted by atomic mass is 9.95. The van der Waals surface area contributed by atoms with Gasteiger partial charge in [-0.2, -0.15) is 0 Å². The third kappa shape index (κ3) is 5.00. The number of benzene rings is 2. The molecule has 1 amide bonds. The van der Waals surface area contributed by atoms with Crippen LogP contribution in [0.25, 0.3) is 0 Å². The van der Waals surface area contributed by atoms with Crippen molar-refractivity contribution < 1.29 is 28.2 Å². The molecule has 0 radical (unpaired) electrons. The van der Waals surface area contributed by atoms with Crippen LogP contribution in [0.15, 0.2) is 35.2 Å². The van der Waals surface area contributed by atoms with Crippen LogP contribution in [0.4, 0.5) is 18.9 Å². The SMILES string of the molecule is O=C(Nc1cc(F)c(F)c(F)c1)c1ccc(Cl)c(SC2C[C@@H](O)C[C@@H](O)C2)c1. The van der Waals surface area contributed by atoms with Gasteiger partial charge in [0.15, 0.2) is 17.5 Å². The molecule has 150 valence electrons. The maximum atomic E-state index is 13.3. The molecule has 0 heterocycles. The van der Waals surface area contributed by atoms with Gasteiger partial charge in [0.2, 0.25) is 0 Å². The summed E-state index contributed by atoms with van der Waals surface area (Å²) >= 11 is 7.54. The van der Waals surface area contributed by atoms with Crippen molar-refractivity contribution in [3.8, 4) is 0 Å². The number of nitrogens with one attached hydrogen (secondary N) is 1. The highest BCUT2D eigenvalue weighted by atomic mass is 35.5. The van der Waals surface area contributed by atoms with E-state index in [0.717, 1.165) is 0 Å². The molecule has 9 heteroatoms. The van der Waals surface area contributed by atoms with Crippen LogP contribution in [-0.2, 0) is 0 Å². The largest absolute Gasteiger partial charge is 0.393 e. The van der Waals surface area contributed by atoms with Gasteiger partial charge >= 0.3 is 0 Å². The van der Waals surface area contributed by atoms with Crippen molar-refractivity contribution in [1.29, 1.82) is 0 Å². The minimum Gasteiger partial charge on any atom is -0.393 e. The summed E-state index contributed by atoms with van der Waals surface area (Å²) in [4.78, 5) is 13.0. The summed E-state index contributed by atoms with van der Waals surface area (Å²) in [5.41, 5.74) is -0.0296. The van der Waals surface area contributed by atoms with Crippen LogP contribution in [0, 0.1) is 17.5 Å². The molecule has 2 aromatic carbocycles. The van der Waals surface area contributed by atoms with E-state index in [1.165, 1.54) is 30.0 Å². The highest BCUT2D eigenvalue weighted by Crippen LogP contribution is 2.38. The molecule has 0 saturated heterocycles. The first-order valence-corrected chi connectivity index (χ1v) is 9.77. The number of rotatable bonds is 4. The topological polar surface area (TPSA) is 69.6 Å². The molecule has 1 unspecified atom stereocenters. The zero-order valence-electron chi connectivity index (χ0n) is 14.5. The van der Waals surface area contributed by atoms with Gasteiger partial charge in [0.1, 0.15) is 0 Å². The first kappa shape index (κ1) is 21.0. The van der Waals surface area contributed by atoms with Crippen molar-refractivity contribution in [2.24, 2.45) is 0 Å². The van der Waals surface area contributed by atoms with Gasteiger partial charge in [-0.1, -0.05) is 11.6 Å². The third-order valence-corrected chi connectivity index (χ3v) is 6.09. The Balaban J connectivity index is 1.76. The van der Waals surface area contributed by atoms with E-state index < -0.39 is 35.6 Å². The molecule has 3 N–H and O–H groups in total. The van der Waals surface area contributed by atoms with Crippen molar-refractivity contribution in [3.05, 3.63) is 58.4 Å². The summed E-state index contributed by atoms with van der Waals surface area (Å²) in [6.45, 7) is 0. The molecule has 1 aliphatic rings. The Hall–Kier alpha value is -1.74. The van der Waals surface area contributed by atoms with Crippen LogP contribution in [-0.4, -0.2) is 33.6 Å². The van der Waals surface area contributed by atoms with Crippen molar-refractivity contribution in [1.82, 2.24) is 0 Å². The smallest absolute Gasteiger partial charge is 0.255 e. The fourth-order valence-electron chi connectivity index (χ4n) is 3.05. The maximum absolute atomic E-state index is 13.3. The van der Waals surface area contributed by atoms with E-state index >= 15 is 0 Å². The fourth-order valence-corrected chi connectivity index (χ4v) is 4.67. The molecule has 0 spiro atoms. The van der Waals surface area contributed by atoms with Gasteiger partial charge in [-0.05, 0) is 37.5 Å². The minimum absolute atomic E-state index is 0.0742. The number of halogens is 4. The average molecular weight is 432 g/mol. The number of aliphatic hydroxyl groups excluding tert-OH is 2. The van der Waals surface area contributed by atoms with Crippen molar-refractivity contribution in [3.63, 3.8) is 0 Å². The van der Waals surface area contributed by atoms with Crippen LogP contribution < -0.4 is 5.32 Å². The molecule has 1 fully saturated rings. The van der Waals surface area contributed by atoms with Crippen molar-refractivity contribution >= 4 is 35.0 Å². The fraction of sp³-hybridized carbons (Fsp3) is 0.316. The molecule has 4 nitrogen and oxygen atoms in total. The summed E-state index contributed by atoms with van der Waals surface area (Å²) in [6, 6.07) is 5.86. The van der Waals surface area contributed by atoms with Gasteiger partial charge in [-0.25, -0.2) is 13.2 Å². The molecule has 3 atom stereocenters. The van der Waals surface area contributed by atoms with E-state index in [0.29, 0.717) is 41.3 Å². The molecular formula is C19H17ClF3NO3S. The Morgan fingerprint density at radius 1 is 1.04 bits per heavy atom. The van der Waals surface area contributed by atoms with Crippen LogP contribution >= 0.6 is 23.4 Å². The van der Waals surface area contributed by atoms with E-state index in [2.05, 4.69) is 5.32 Å². The standard InChI is InChI=1S/C19H17ClF3NO3S/c20-14-2-1-9(3-17(14)28-13-7-11(25)6-12(26)8-13)19(27)24-10-4-15(21)18(23)16(22)5-10/h1-5,11-13,25-26H,6-8H2,(H,24,27)/t11-,12+,13?. The van der Waals surface area contributed by atoms with Gasteiger partial charge < -0.3 is 15.5 Å². The number of hydrogen-bond donors (Lipinski definition) is 3. The van der Waals surface area contributed by atoms with Gasteiger partial charge in [0.05, 0.1) is 17.2 Å². The third-order valence-electron chi connectivity index (χ3n) is 4.34. The van der Waals surface area contributed by atoms with Gasteiger partial charge in [-0.15, -0.1) is 11.8 Å². The normalized spacial score (nSPS) is 22.1. The summed E-state index contributed by atoms with van der Waals surface area (Å²) in [7, 11) is 0. The van der Waals surface area contributed by atoms with Crippen molar-refractivity contribution in [2.45, 2.75) is 41.6 Å². The number of aliphatic hydroxyl groups is 2. The Kier molecular flexibility index (Phi) is 6.54. The van der Waals surface area contributed by atoms with Crippen LogP contribution in [0.5, 0.6) is 0 Å². The quantitative estimate of drug-likeness (QED) is 0.628. The highest BCUT2D eigenvalue weighted by Gasteiger charge is 2.27. The molecule has 0 aromatic heterocycles. The zero-order chi connectivity index (χ0) is 20.4. The molecule has 28 heavy (non-hydrogen) atoms. The van der Waals surface area contributed by atoms with Gasteiger partial charge in [-0.3, -0.25) is 4.79 Å². The minimum atomic E-state index is -1.61. The summed E-state index contributed by atoms with van der Waals surface area (Å²) < 4.78 is 39.6. The Morgan fingerprint density at radius 3 is 2.25 bits per heavy atom. The predicted molar refractivity (Wildman–Crippen MR) is 101 cm³/mol. The Labute approximate surface area is 168 Å². The maximum Gasteiger partial charge on any atom is 0.255 e. The van der Waals surface area contributed by atoms with E-state index in [1.54, 1.807) is 0 Å². The van der Waals surface area contributed by atoms with E-state index in [4.69, 9.17) is 11.6 Å². The second-order valence-corrected chi connectivity index (χ2v) is 8.36. The number of thioether (sulfide) groups is 1. The Morgan fingerprint density at radius 2 is 1.64 bits per heavy atom. The molecule has 0 aliphatic heterocycles. The second kappa shape index (κ2) is 8.73. The van der Waals surface area contributed by atoms with Gasteiger partial charge in [0, 0.05) is 33.5 Å². The monoisotopic (exact) mass is 431 g/mol. The summed E-state index contributed by atoms with van der Waals surface area (Å²) in [5, 5.41) is 22.3. The predicted octanol–water partition coefficient (Wildman–Crippen LogP) is 4.38. The summed E-state index contributed by atoms with van der Waals surface area (Å²) in [6.07, 6.45) is 0.105. The van der Waals surface area contributed by atoms with Crippen LogP contribution in [0.1, 0.15) is 29.6 Å². The molecule has 0 bridgehead atoms. The average Bonchev–Trinajstić information content (AvgIpc) is 2.60. The Bertz CT molecular complexity index is 866. The summed E-state index contributed by atoms with van der Waals surface area (Å²) in [5.74, 6) is -5.07. The lowest BCUT2D eigenvalue weighted by Crippen LogP contribution is -2.31. The number of amides is 1. The molecule has 1 aliphatic carbocycles. The van der Waals surface area contributed by atoms with E-state index in [1.807, 2.05) is 0 Å². The molecule has 1 saturated carbocycles. The van der Waals surface area contributed by atoms with Gasteiger partial charge in [0.25, 0.3) is 5.91 Å². The van der Waals surface area contributed by atoms with Crippen LogP contribution in [0.3, 0.4) is 0 Å². The van der Waals surface area contributed by atoms with E-state index in [-0.39, 0.29) is 16.5 Å². The molecular weight excluding hydrogens is 415 g/mol. The lowest BCUT2D eigenvalue weighted by Gasteiger charge is -2.29. The van der Waals surface area contributed by atoms with Crippen LogP contribution in [0.2, 0.25) is 5.02 Å². The second-order valence-electron chi connectivity index (χ2n) is 6.61. The zero-order valence-corrected chi connectivity index (χ0v) is 16.0. The highest BCUT2D eigenvalue weighted by molar-refractivity contribution is 8.00. The van der Waals surface area contributed by atoms with Crippen molar-refractivity contribution in [2.75, 3.05) is 5.32 Å². The number of anilines is 1. The number of hydrogen-bond acceptors (Lipinski definition) is 4. The first-order chi connectivity index (χ1) is 13.2. The first-order valence-electron chi connectivity index (χ1n) is 8.51. The molecule has 2 aromatic rings. The molecule has 3 rings (SSSR count). The lowest BCUT2D eigenvalue weighted by molar-refractivity contribution is 0.0436. The number of carbonyl (C=O) groups excluding carboxylic acids is 1. The number of carbonyl (C=O) groups is 1.